The van der Waals surface area contributed by atoms with Crippen LogP contribution >= 0.6 is 11.8 Å². The number of aryl methyl sites for hydroxylation is 1. The van der Waals surface area contributed by atoms with Crippen molar-refractivity contribution in [2.24, 2.45) is 7.05 Å². The molecule has 1 aromatic rings. The first-order valence-corrected chi connectivity index (χ1v) is 8.38. The highest BCUT2D eigenvalue weighted by atomic mass is 32.2. The molecule has 1 N–H and O–H groups in total. The molecular weight excluding hydrogens is 254 g/mol. The van der Waals surface area contributed by atoms with Gasteiger partial charge in [-0.15, -0.1) is 0 Å². The maximum absolute atomic E-state index is 4.62. The zero-order chi connectivity index (χ0) is 14.1. The Kier molecular flexibility index (Phi) is 4.31. The van der Waals surface area contributed by atoms with Crippen LogP contribution in [0.1, 0.15) is 51.3 Å². The largest absolute Gasteiger partial charge is 0.311 e. The van der Waals surface area contributed by atoms with Gasteiger partial charge in [0, 0.05) is 42.1 Å². The van der Waals surface area contributed by atoms with Crippen LogP contribution in [-0.2, 0) is 19.0 Å². The SMILES string of the molecule is CSC1(CNCc2cn(C)nc2C(C)(C)C)CCC1. The summed E-state index contributed by atoms with van der Waals surface area (Å²) >= 11 is 2.03. The molecule has 1 aliphatic carbocycles. The first-order valence-electron chi connectivity index (χ1n) is 7.15. The molecule has 0 amide bonds. The fourth-order valence-electron chi connectivity index (χ4n) is 2.75. The lowest BCUT2D eigenvalue weighted by Crippen LogP contribution is -2.43. The number of rotatable bonds is 5. The van der Waals surface area contributed by atoms with E-state index in [0.717, 1.165) is 13.1 Å². The smallest absolute Gasteiger partial charge is 0.0722 e. The number of nitrogens with zero attached hydrogens (tertiary/aromatic N) is 2. The van der Waals surface area contributed by atoms with Gasteiger partial charge in [0.2, 0.25) is 0 Å². The highest BCUT2D eigenvalue weighted by molar-refractivity contribution is 8.00. The Morgan fingerprint density at radius 2 is 2.11 bits per heavy atom. The fraction of sp³-hybridized carbons (Fsp3) is 0.800. The summed E-state index contributed by atoms with van der Waals surface area (Å²) in [7, 11) is 2.01. The summed E-state index contributed by atoms with van der Waals surface area (Å²) in [6, 6.07) is 0. The molecule has 1 fully saturated rings. The Labute approximate surface area is 121 Å². The zero-order valence-corrected chi connectivity index (χ0v) is 13.7. The van der Waals surface area contributed by atoms with E-state index in [4.69, 9.17) is 0 Å². The fourth-order valence-corrected chi connectivity index (χ4v) is 3.69. The molecular formula is C15H27N3S. The zero-order valence-electron chi connectivity index (χ0n) is 12.9. The molecule has 0 radical (unpaired) electrons. The summed E-state index contributed by atoms with van der Waals surface area (Å²) in [6.45, 7) is 8.74. The molecule has 0 atom stereocenters. The summed E-state index contributed by atoms with van der Waals surface area (Å²) in [6.07, 6.45) is 8.51. The molecule has 3 nitrogen and oxygen atoms in total. The molecule has 0 aliphatic heterocycles. The van der Waals surface area contributed by atoms with Crippen LogP contribution in [0, 0.1) is 0 Å². The predicted molar refractivity (Wildman–Crippen MR) is 83.7 cm³/mol. The van der Waals surface area contributed by atoms with Crippen LogP contribution in [0.3, 0.4) is 0 Å². The van der Waals surface area contributed by atoms with Crippen LogP contribution < -0.4 is 5.32 Å². The molecule has 1 aliphatic rings. The van der Waals surface area contributed by atoms with Crippen molar-refractivity contribution in [2.45, 2.75) is 56.7 Å². The Morgan fingerprint density at radius 3 is 2.58 bits per heavy atom. The molecule has 0 spiro atoms. The van der Waals surface area contributed by atoms with E-state index in [-0.39, 0.29) is 5.41 Å². The van der Waals surface area contributed by atoms with Gasteiger partial charge in [0.15, 0.2) is 0 Å². The van der Waals surface area contributed by atoms with E-state index < -0.39 is 0 Å². The predicted octanol–water partition coefficient (Wildman–Crippen LogP) is 3.09. The standard InChI is InChI=1S/C15H27N3S/c1-14(2,3)13-12(10-18(4)17-13)9-16-11-15(19-5)7-6-8-15/h10,16H,6-9,11H2,1-5H3. The van der Waals surface area contributed by atoms with Crippen molar-refractivity contribution in [2.75, 3.05) is 12.8 Å². The monoisotopic (exact) mass is 281 g/mol. The molecule has 1 aromatic heterocycles. The van der Waals surface area contributed by atoms with Crippen molar-refractivity contribution in [1.29, 1.82) is 0 Å². The Hall–Kier alpha value is -0.480. The summed E-state index contributed by atoms with van der Waals surface area (Å²) in [5.41, 5.74) is 2.67. The van der Waals surface area contributed by atoms with Gasteiger partial charge in [0.05, 0.1) is 5.69 Å². The van der Waals surface area contributed by atoms with Gasteiger partial charge in [-0.05, 0) is 19.1 Å². The van der Waals surface area contributed by atoms with Gasteiger partial charge in [-0.1, -0.05) is 27.2 Å². The van der Waals surface area contributed by atoms with Crippen LogP contribution in [0.5, 0.6) is 0 Å². The lowest BCUT2D eigenvalue weighted by molar-refractivity contribution is 0.345. The maximum atomic E-state index is 4.62. The van der Waals surface area contributed by atoms with E-state index in [1.165, 1.54) is 30.5 Å². The van der Waals surface area contributed by atoms with E-state index in [0.29, 0.717) is 4.75 Å². The van der Waals surface area contributed by atoms with Crippen molar-refractivity contribution in [3.8, 4) is 0 Å². The summed E-state index contributed by atoms with van der Waals surface area (Å²) in [5.74, 6) is 0. The van der Waals surface area contributed by atoms with Crippen LogP contribution in [-0.4, -0.2) is 27.3 Å². The van der Waals surface area contributed by atoms with Gasteiger partial charge in [-0.25, -0.2) is 0 Å². The highest BCUT2D eigenvalue weighted by Gasteiger charge is 2.35. The van der Waals surface area contributed by atoms with E-state index in [9.17, 15) is 0 Å². The average Bonchev–Trinajstić information content (AvgIpc) is 2.63. The Morgan fingerprint density at radius 1 is 1.42 bits per heavy atom. The molecule has 4 heteroatoms. The van der Waals surface area contributed by atoms with Gasteiger partial charge in [0.1, 0.15) is 0 Å². The van der Waals surface area contributed by atoms with Crippen molar-refractivity contribution in [3.63, 3.8) is 0 Å². The van der Waals surface area contributed by atoms with Crippen LogP contribution in [0.4, 0.5) is 0 Å². The third kappa shape index (κ3) is 3.34. The summed E-state index contributed by atoms with van der Waals surface area (Å²) in [4.78, 5) is 0. The molecule has 0 saturated heterocycles. The van der Waals surface area contributed by atoms with E-state index >= 15 is 0 Å². The minimum absolute atomic E-state index is 0.117. The number of hydrogen-bond acceptors (Lipinski definition) is 3. The third-order valence-electron chi connectivity index (χ3n) is 4.08. The van der Waals surface area contributed by atoms with Gasteiger partial charge in [0.25, 0.3) is 0 Å². The van der Waals surface area contributed by atoms with Gasteiger partial charge >= 0.3 is 0 Å². The topological polar surface area (TPSA) is 29.9 Å². The minimum atomic E-state index is 0.117. The van der Waals surface area contributed by atoms with E-state index in [1.807, 2.05) is 23.5 Å². The molecule has 0 aromatic carbocycles. The molecule has 0 bridgehead atoms. The number of nitrogens with one attached hydrogen (secondary N) is 1. The van der Waals surface area contributed by atoms with Gasteiger partial charge < -0.3 is 5.32 Å². The molecule has 0 unspecified atom stereocenters. The minimum Gasteiger partial charge on any atom is -0.311 e. The van der Waals surface area contributed by atoms with Crippen LogP contribution in [0.25, 0.3) is 0 Å². The number of hydrogen-bond donors (Lipinski definition) is 1. The van der Waals surface area contributed by atoms with E-state index in [1.54, 1.807) is 0 Å². The van der Waals surface area contributed by atoms with Crippen molar-refractivity contribution in [3.05, 3.63) is 17.5 Å². The van der Waals surface area contributed by atoms with Crippen molar-refractivity contribution >= 4 is 11.8 Å². The third-order valence-corrected chi connectivity index (χ3v) is 5.49. The highest BCUT2D eigenvalue weighted by Crippen LogP contribution is 2.42. The van der Waals surface area contributed by atoms with Crippen molar-refractivity contribution in [1.82, 2.24) is 15.1 Å². The lowest BCUT2D eigenvalue weighted by Gasteiger charge is -2.40. The molecule has 2 rings (SSSR count). The first-order chi connectivity index (χ1) is 8.86. The number of aromatic nitrogens is 2. The van der Waals surface area contributed by atoms with Crippen LogP contribution in [0.15, 0.2) is 6.20 Å². The second-order valence-corrected chi connectivity index (χ2v) is 8.05. The van der Waals surface area contributed by atoms with Crippen LogP contribution in [0.2, 0.25) is 0 Å². The summed E-state index contributed by atoms with van der Waals surface area (Å²) in [5, 5.41) is 8.27. The normalized spacial score (nSPS) is 18.4. The molecule has 1 heterocycles. The second kappa shape index (κ2) is 5.49. The van der Waals surface area contributed by atoms with E-state index in [2.05, 4.69) is 43.6 Å². The van der Waals surface area contributed by atoms with Gasteiger partial charge in [-0.3, -0.25) is 4.68 Å². The maximum Gasteiger partial charge on any atom is 0.0722 e. The van der Waals surface area contributed by atoms with Crippen molar-refractivity contribution < 1.29 is 0 Å². The second-order valence-electron chi connectivity index (χ2n) is 6.77. The molecule has 1 saturated carbocycles. The lowest BCUT2D eigenvalue weighted by atomic mass is 9.84. The Bertz CT molecular complexity index is 422. The van der Waals surface area contributed by atoms with Gasteiger partial charge in [-0.2, -0.15) is 16.9 Å². The molecule has 19 heavy (non-hydrogen) atoms. The molecule has 108 valence electrons. The summed E-state index contributed by atoms with van der Waals surface area (Å²) < 4.78 is 2.44. The first kappa shape index (κ1) is 14.9. The quantitative estimate of drug-likeness (QED) is 0.899. The average molecular weight is 281 g/mol. The number of thioether (sulfide) groups is 1. The Balaban J connectivity index is 1.96.